The number of amides is 1. The first kappa shape index (κ1) is 13.1. The lowest BCUT2D eigenvalue weighted by Gasteiger charge is -2.37. The van der Waals surface area contributed by atoms with Crippen LogP contribution >= 0.6 is 11.8 Å². The highest BCUT2D eigenvalue weighted by Gasteiger charge is 2.30. The molecule has 0 radical (unpaired) electrons. The Labute approximate surface area is 111 Å². The molecule has 1 N–H and O–H groups in total. The number of rotatable bonds is 2. The molecule has 6 heteroatoms. The summed E-state index contributed by atoms with van der Waals surface area (Å²) in [6, 6.07) is 0. The molecule has 0 saturated carbocycles. The molecule has 1 aliphatic heterocycles. The van der Waals surface area contributed by atoms with Crippen LogP contribution in [0.3, 0.4) is 0 Å². The SMILES string of the molecule is CNc1cncc(C(=O)N2CCSC(C)(C)C2)n1. The van der Waals surface area contributed by atoms with Gasteiger partial charge in [-0.05, 0) is 13.8 Å². The van der Waals surface area contributed by atoms with Gasteiger partial charge in [0.15, 0.2) is 0 Å². The minimum atomic E-state index is -0.0343. The molecule has 5 nitrogen and oxygen atoms in total. The second kappa shape index (κ2) is 5.14. The highest BCUT2D eigenvalue weighted by atomic mass is 32.2. The van der Waals surface area contributed by atoms with Crippen LogP contribution in [0.1, 0.15) is 24.3 Å². The molecule has 0 aliphatic carbocycles. The fourth-order valence-corrected chi connectivity index (χ4v) is 3.05. The largest absolute Gasteiger partial charge is 0.372 e. The predicted octanol–water partition coefficient (Wildman–Crippen LogP) is 1.49. The van der Waals surface area contributed by atoms with Crippen molar-refractivity contribution in [3.63, 3.8) is 0 Å². The van der Waals surface area contributed by atoms with E-state index >= 15 is 0 Å². The van der Waals surface area contributed by atoms with Gasteiger partial charge in [0.25, 0.3) is 5.91 Å². The van der Waals surface area contributed by atoms with Gasteiger partial charge in [0.1, 0.15) is 11.5 Å². The van der Waals surface area contributed by atoms with Crippen molar-refractivity contribution >= 4 is 23.5 Å². The molecule has 1 fully saturated rings. The maximum atomic E-state index is 12.3. The van der Waals surface area contributed by atoms with Crippen molar-refractivity contribution in [3.8, 4) is 0 Å². The van der Waals surface area contributed by atoms with Gasteiger partial charge in [0.05, 0.1) is 12.4 Å². The molecule has 1 aromatic rings. The second-order valence-corrected chi connectivity index (χ2v) is 6.68. The van der Waals surface area contributed by atoms with Crippen molar-refractivity contribution < 1.29 is 4.79 Å². The monoisotopic (exact) mass is 266 g/mol. The summed E-state index contributed by atoms with van der Waals surface area (Å²) >= 11 is 1.90. The van der Waals surface area contributed by atoms with Gasteiger partial charge in [-0.1, -0.05) is 0 Å². The van der Waals surface area contributed by atoms with Crippen LogP contribution in [-0.4, -0.2) is 51.4 Å². The normalized spacial score (nSPS) is 18.5. The highest BCUT2D eigenvalue weighted by molar-refractivity contribution is 8.00. The topological polar surface area (TPSA) is 58.1 Å². The number of nitrogens with zero attached hydrogens (tertiary/aromatic N) is 3. The van der Waals surface area contributed by atoms with Crippen LogP contribution in [0.5, 0.6) is 0 Å². The number of nitrogens with one attached hydrogen (secondary N) is 1. The van der Waals surface area contributed by atoms with Gasteiger partial charge >= 0.3 is 0 Å². The van der Waals surface area contributed by atoms with Gasteiger partial charge < -0.3 is 10.2 Å². The number of hydrogen-bond acceptors (Lipinski definition) is 5. The first-order chi connectivity index (χ1) is 8.52. The Morgan fingerprint density at radius 2 is 2.28 bits per heavy atom. The molecular weight excluding hydrogens is 248 g/mol. The minimum absolute atomic E-state index is 0.0343. The van der Waals surface area contributed by atoms with E-state index < -0.39 is 0 Å². The van der Waals surface area contributed by atoms with E-state index in [1.807, 2.05) is 16.7 Å². The Hall–Kier alpha value is -1.30. The summed E-state index contributed by atoms with van der Waals surface area (Å²) < 4.78 is 0.113. The summed E-state index contributed by atoms with van der Waals surface area (Å²) in [6.07, 6.45) is 3.13. The first-order valence-corrected chi connectivity index (χ1v) is 6.93. The molecule has 18 heavy (non-hydrogen) atoms. The van der Waals surface area contributed by atoms with E-state index in [4.69, 9.17) is 0 Å². The molecule has 0 aromatic carbocycles. The Morgan fingerprint density at radius 3 is 2.94 bits per heavy atom. The van der Waals surface area contributed by atoms with Crippen molar-refractivity contribution in [3.05, 3.63) is 18.1 Å². The number of carbonyl (C=O) groups excluding carboxylic acids is 1. The van der Waals surface area contributed by atoms with Crippen molar-refractivity contribution in [2.24, 2.45) is 0 Å². The van der Waals surface area contributed by atoms with E-state index in [2.05, 4.69) is 29.1 Å². The second-order valence-electron chi connectivity index (χ2n) is 4.87. The summed E-state index contributed by atoms with van der Waals surface area (Å²) in [4.78, 5) is 22.5. The number of hydrogen-bond donors (Lipinski definition) is 1. The lowest BCUT2D eigenvalue weighted by molar-refractivity contribution is 0.0742. The van der Waals surface area contributed by atoms with E-state index in [1.165, 1.54) is 6.20 Å². The smallest absolute Gasteiger partial charge is 0.274 e. The maximum absolute atomic E-state index is 12.3. The van der Waals surface area contributed by atoms with Crippen molar-refractivity contribution in [2.45, 2.75) is 18.6 Å². The van der Waals surface area contributed by atoms with E-state index in [0.717, 1.165) is 18.8 Å². The zero-order valence-electron chi connectivity index (χ0n) is 10.9. The number of anilines is 1. The van der Waals surface area contributed by atoms with Crippen LogP contribution in [0.25, 0.3) is 0 Å². The van der Waals surface area contributed by atoms with Gasteiger partial charge in [0.2, 0.25) is 0 Å². The fourth-order valence-electron chi connectivity index (χ4n) is 1.94. The molecule has 2 rings (SSSR count). The first-order valence-electron chi connectivity index (χ1n) is 5.95. The molecule has 1 saturated heterocycles. The van der Waals surface area contributed by atoms with Crippen molar-refractivity contribution in [1.82, 2.24) is 14.9 Å². The van der Waals surface area contributed by atoms with E-state index in [-0.39, 0.29) is 10.7 Å². The third-order valence-corrected chi connectivity index (χ3v) is 4.12. The predicted molar refractivity (Wildman–Crippen MR) is 74.0 cm³/mol. The Morgan fingerprint density at radius 1 is 1.50 bits per heavy atom. The number of aromatic nitrogens is 2. The van der Waals surface area contributed by atoms with Gasteiger partial charge in [0, 0.05) is 30.6 Å². The van der Waals surface area contributed by atoms with Crippen LogP contribution in [0, 0.1) is 0 Å². The van der Waals surface area contributed by atoms with Crippen molar-refractivity contribution in [1.29, 1.82) is 0 Å². The van der Waals surface area contributed by atoms with E-state index in [0.29, 0.717) is 11.5 Å². The average molecular weight is 266 g/mol. The number of thioether (sulfide) groups is 1. The van der Waals surface area contributed by atoms with Crippen LogP contribution in [0.4, 0.5) is 5.82 Å². The molecule has 0 spiro atoms. The lowest BCUT2D eigenvalue weighted by atomic mass is 10.2. The maximum Gasteiger partial charge on any atom is 0.274 e. The Balaban J connectivity index is 2.15. The molecule has 1 amide bonds. The molecule has 0 atom stereocenters. The summed E-state index contributed by atoms with van der Waals surface area (Å²) in [5.41, 5.74) is 0.407. The third-order valence-electron chi connectivity index (χ3n) is 2.82. The molecule has 1 aliphatic rings. The fraction of sp³-hybridized carbons (Fsp3) is 0.583. The van der Waals surface area contributed by atoms with Gasteiger partial charge in [-0.3, -0.25) is 9.78 Å². The van der Waals surface area contributed by atoms with Crippen LogP contribution in [0.15, 0.2) is 12.4 Å². The molecule has 0 bridgehead atoms. The summed E-state index contributed by atoms with van der Waals surface area (Å²) in [6.45, 7) is 5.85. The molecule has 1 aromatic heterocycles. The molecule has 2 heterocycles. The Bertz CT molecular complexity index is 449. The average Bonchev–Trinajstić information content (AvgIpc) is 2.37. The minimum Gasteiger partial charge on any atom is -0.372 e. The zero-order valence-corrected chi connectivity index (χ0v) is 11.8. The van der Waals surface area contributed by atoms with Crippen LogP contribution < -0.4 is 5.32 Å². The van der Waals surface area contributed by atoms with Gasteiger partial charge in [-0.2, -0.15) is 11.8 Å². The summed E-state index contributed by atoms with van der Waals surface area (Å²) in [5.74, 6) is 1.55. The summed E-state index contributed by atoms with van der Waals surface area (Å²) in [5, 5.41) is 2.89. The molecule has 0 unspecified atom stereocenters. The molecule has 98 valence electrons. The van der Waals surface area contributed by atoms with Gasteiger partial charge in [-0.15, -0.1) is 0 Å². The highest BCUT2D eigenvalue weighted by Crippen LogP contribution is 2.29. The van der Waals surface area contributed by atoms with Crippen molar-refractivity contribution in [2.75, 3.05) is 31.2 Å². The summed E-state index contributed by atoms with van der Waals surface area (Å²) in [7, 11) is 1.76. The molecular formula is C12H18N4OS. The third kappa shape index (κ3) is 2.93. The number of carbonyl (C=O) groups is 1. The van der Waals surface area contributed by atoms with Crippen LogP contribution in [0.2, 0.25) is 0 Å². The van der Waals surface area contributed by atoms with E-state index in [9.17, 15) is 4.79 Å². The van der Waals surface area contributed by atoms with Crippen LogP contribution in [-0.2, 0) is 0 Å². The zero-order chi connectivity index (χ0) is 13.2. The lowest BCUT2D eigenvalue weighted by Crippen LogP contribution is -2.46. The Kier molecular flexibility index (Phi) is 3.75. The quantitative estimate of drug-likeness (QED) is 0.879. The standard InChI is InChI=1S/C12H18N4OS/c1-12(2)8-16(4-5-18-12)11(17)9-6-14-7-10(13-3)15-9/h6-7H,4-5,8H2,1-3H3,(H,13,15). The van der Waals surface area contributed by atoms with E-state index in [1.54, 1.807) is 13.2 Å². The van der Waals surface area contributed by atoms with Gasteiger partial charge in [-0.25, -0.2) is 4.98 Å².